The summed E-state index contributed by atoms with van der Waals surface area (Å²) < 4.78 is 9.91. The van der Waals surface area contributed by atoms with E-state index in [9.17, 15) is 19.5 Å². The summed E-state index contributed by atoms with van der Waals surface area (Å²) in [5.74, 6) is -1.59. The molecule has 110 valence electrons. The van der Waals surface area contributed by atoms with Crippen LogP contribution in [0.4, 0.5) is 0 Å². The van der Waals surface area contributed by atoms with Crippen molar-refractivity contribution < 1.29 is 29.0 Å². The molecule has 1 aliphatic rings. The van der Waals surface area contributed by atoms with Crippen molar-refractivity contribution in [3.63, 3.8) is 0 Å². The van der Waals surface area contributed by atoms with E-state index in [1.165, 1.54) is 13.0 Å². The second kappa shape index (κ2) is 7.59. The zero-order valence-electron chi connectivity index (χ0n) is 11.4. The lowest BCUT2D eigenvalue weighted by Crippen LogP contribution is -2.27. The third kappa shape index (κ3) is 5.79. The van der Waals surface area contributed by atoms with Crippen molar-refractivity contribution in [2.24, 2.45) is 0 Å². The third-order valence-corrected chi connectivity index (χ3v) is 2.73. The molecule has 0 bridgehead atoms. The molecule has 1 rings (SSSR count). The highest BCUT2D eigenvalue weighted by atomic mass is 16.6. The first-order valence-electron chi connectivity index (χ1n) is 6.37. The van der Waals surface area contributed by atoms with Gasteiger partial charge in [-0.2, -0.15) is 0 Å². The zero-order valence-corrected chi connectivity index (χ0v) is 11.4. The van der Waals surface area contributed by atoms with E-state index in [2.05, 4.69) is 0 Å². The van der Waals surface area contributed by atoms with Crippen molar-refractivity contribution >= 4 is 17.7 Å². The van der Waals surface area contributed by atoms with Crippen LogP contribution in [0.15, 0.2) is 24.3 Å². The molecule has 0 aromatic rings. The van der Waals surface area contributed by atoms with Gasteiger partial charge in [-0.05, 0) is 32.4 Å². The first kappa shape index (κ1) is 16.1. The van der Waals surface area contributed by atoms with Gasteiger partial charge in [-0.15, -0.1) is 0 Å². The average molecular weight is 282 g/mol. The van der Waals surface area contributed by atoms with Crippen LogP contribution in [0.5, 0.6) is 0 Å². The Morgan fingerprint density at radius 3 is 2.40 bits per heavy atom. The Balaban J connectivity index is 2.82. The molecule has 0 aliphatic carbocycles. The Kier molecular flexibility index (Phi) is 6.11. The van der Waals surface area contributed by atoms with Gasteiger partial charge in [0.2, 0.25) is 0 Å². The number of ether oxygens (including phenoxy) is 2. The van der Waals surface area contributed by atoms with Crippen LogP contribution in [0.3, 0.4) is 0 Å². The summed E-state index contributed by atoms with van der Waals surface area (Å²) in [5.41, 5.74) is 0. The summed E-state index contributed by atoms with van der Waals surface area (Å²) in [5, 5.41) is 9.68. The summed E-state index contributed by atoms with van der Waals surface area (Å²) in [6.45, 7) is 3.14. The summed E-state index contributed by atoms with van der Waals surface area (Å²) in [6, 6.07) is 0. The molecule has 3 atom stereocenters. The number of allylic oxidation sites excluding steroid dienone is 1. The number of carbonyl (C=O) groups is 3. The molecular formula is C14H18O6. The van der Waals surface area contributed by atoms with E-state index in [0.29, 0.717) is 6.42 Å². The maximum Gasteiger partial charge on any atom is 0.331 e. The van der Waals surface area contributed by atoms with Gasteiger partial charge in [0.15, 0.2) is 5.78 Å². The molecule has 1 heterocycles. The molecule has 20 heavy (non-hydrogen) atoms. The lowest BCUT2D eigenvalue weighted by molar-refractivity contribution is -0.146. The Labute approximate surface area is 117 Å². The van der Waals surface area contributed by atoms with E-state index in [4.69, 9.17) is 9.47 Å². The molecule has 0 spiro atoms. The van der Waals surface area contributed by atoms with Gasteiger partial charge in [0, 0.05) is 18.6 Å². The highest BCUT2D eigenvalue weighted by molar-refractivity contribution is 5.95. The highest BCUT2D eigenvalue weighted by Crippen LogP contribution is 2.07. The quantitative estimate of drug-likeness (QED) is 0.657. The van der Waals surface area contributed by atoms with Crippen LogP contribution in [0, 0.1) is 0 Å². The summed E-state index contributed by atoms with van der Waals surface area (Å²) in [6.07, 6.45) is 2.56. The average Bonchev–Trinajstić information content (AvgIpc) is 2.39. The second-order valence-corrected chi connectivity index (χ2v) is 4.58. The maximum absolute atomic E-state index is 11.5. The lowest BCUT2D eigenvalue weighted by atomic mass is 10.1. The molecule has 0 saturated carbocycles. The molecule has 0 unspecified atom stereocenters. The van der Waals surface area contributed by atoms with Crippen LogP contribution in [-0.4, -0.2) is 41.1 Å². The predicted octanol–water partition coefficient (Wildman–Crippen LogP) is 0.686. The van der Waals surface area contributed by atoms with Crippen LogP contribution in [0.1, 0.15) is 26.7 Å². The first-order valence-corrected chi connectivity index (χ1v) is 6.37. The Hall–Kier alpha value is -1.95. The molecule has 0 fully saturated rings. The molecule has 6 nitrogen and oxygen atoms in total. The van der Waals surface area contributed by atoms with Crippen molar-refractivity contribution in [1.29, 1.82) is 0 Å². The SMILES string of the molecule is C[C@@H]1CCC(=O)/C=C\C(=O)O[C@H](C)[C@@H](O)/C=C\C(=O)O1. The summed E-state index contributed by atoms with van der Waals surface area (Å²) >= 11 is 0. The molecule has 6 heteroatoms. The van der Waals surface area contributed by atoms with E-state index in [1.807, 2.05) is 0 Å². The Bertz CT molecular complexity index is 437. The van der Waals surface area contributed by atoms with Gasteiger partial charge < -0.3 is 14.6 Å². The van der Waals surface area contributed by atoms with Gasteiger partial charge in [0.1, 0.15) is 12.2 Å². The fourth-order valence-electron chi connectivity index (χ4n) is 1.51. The van der Waals surface area contributed by atoms with E-state index < -0.39 is 30.3 Å². The number of hydrogen-bond donors (Lipinski definition) is 1. The lowest BCUT2D eigenvalue weighted by Gasteiger charge is -2.16. The monoisotopic (exact) mass is 282 g/mol. The minimum atomic E-state index is -1.13. The fraction of sp³-hybridized carbons (Fsp3) is 0.500. The number of ketones is 1. The topological polar surface area (TPSA) is 89.9 Å². The smallest absolute Gasteiger partial charge is 0.331 e. The number of cyclic esters (lactones) is 2. The fourth-order valence-corrected chi connectivity index (χ4v) is 1.51. The molecule has 0 radical (unpaired) electrons. The zero-order chi connectivity index (χ0) is 15.1. The summed E-state index contributed by atoms with van der Waals surface area (Å²) in [4.78, 5) is 34.3. The number of carbonyl (C=O) groups excluding carboxylic acids is 3. The molecule has 0 aromatic carbocycles. The normalized spacial score (nSPS) is 32.8. The number of hydrogen-bond acceptors (Lipinski definition) is 6. The predicted molar refractivity (Wildman–Crippen MR) is 69.6 cm³/mol. The molecule has 0 aromatic heterocycles. The number of aliphatic hydroxyl groups is 1. The third-order valence-electron chi connectivity index (χ3n) is 2.73. The van der Waals surface area contributed by atoms with E-state index in [1.54, 1.807) is 6.92 Å². The van der Waals surface area contributed by atoms with Crippen molar-refractivity contribution in [2.45, 2.75) is 45.0 Å². The summed E-state index contributed by atoms with van der Waals surface area (Å²) in [7, 11) is 0. The molecule has 0 saturated heterocycles. The first-order chi connectivity index (χ1) is 9.38. The van der Waals surface area contributed by atoms with E-state index >= 15 is 0 Å². The maximum atomic E-state index is 11.5. The van der Waals surface area contributed by atoms with E-state index in [0.717, 1.165) is 18.2 Å². The van der Waals surface area contributed by atoms with Crippen molar-refractivity contribution in [3.05, 3.63) is 24.3 Å². The van der Waals surface area contributed by atoms with Crippen molar-refractivity contribution in [2.75, 3.05) is 0 Å². The van der Waals surface area contributed by atoms with Gasteiger partial charge in [-0.3, -0.25) is 4.79 Å². The van der Waals surface area contributed by atoms with Gasteiger partial charge in [0.05, 0.1) is 6.10 Å². The largest absolute Gasteiger partial charge is 0.460 e. The van der Waals surface area contributed by atoms with Crippen LogP contribution in [0.25, 0.3) is 0 Å². The van der Waals surface area contributed by atoms with Gasteiger partial charge in [-0.1, -0.05) is 0 Å². The minimum Gasteiger partial charge on any atom is -0.460 e. The highest BCUT2D eigenvalue weighted by Gasteiger charge is 2.17. The molecular weight excluding hydrogens is 264 g/mol. The minimum absolute atomic E-state index is 0.167. The van der Waals surface area contributed by atoms with Gasteiger partial charge in [-0.25, -0.2) is 9.59 Å². The van der Waals surface area contributed by atoms with Gasteiger partial charge in [0.25, 0.3) is 0 Å². The number of aliphatic hydroxyl groups excluding tert-OH is 1. The molecule has 0 amide bonds. The van der Waals surface area contributed by atoms with Crippen LogP contribution in [-0.2, 0) is 23.9 Å². The Morgan fingerprint density at radius 2 is 1.70 bits per heavy atom. The number of rotatable bonds is 0. The van der Waals surface area contributed by atoms with Crippen molar-refractivity contribution in [3.8, 4) is 0 Å². The number of esters is 2. The van der Waals surface area contributed by atoms with Gasteiger partial charge >= 0.3 is 11.9 Å². The standard InChI is InChI=1S/C14H18O6/c1-9-3-4-11(15)5-7-14(18)20-10(2)12(16)6-8-13(17)19-9/h5-10,12,16H,3-4H2,1-2H3/b7-5-,8-6-/t9-,10-,12+/m1/s1. The van der Waals surface area contributed by atoms with Crippen molar-refractivity contribution in [1.82, 2.24) is 0 Å². The van der Waals surface area contributed by atoms with Crippen LogP contribution in [0.2, 0.25) is 0 Å². The van der Waals surface area contributed by atoms with Crippen LogP contribution >= 0.6 is 0 Å². The molecule has 1 aliphatic heterocycles. The second-order valence-electron chi connectivity index (χ2n) is 4.58. The molecule has 1 N–H and O–H groups in total. The van der Waals surface area contributed by atoms with Crippen LogP contribution < -0.4 is 0 Å². The van der Waals surface area contributed by atoms with E-state index in [-0.39, 0.29) is 12.2 Å². The Morgan fingerprint density at radius 1 is 1.05 bits per heavy atom.